The van der Waals surface area contributed by atoms with Gasteiger partial charge in [0.05, 0.1) is 10.6 Å². The van der Waals surface area contributed by atoms with Crippen molar-refractivity contribution in [2.75, 3.05) is 5.43 Å². The lowest BCUT2D eigenvalue weighted by Crippen LogP contribution is -2.04. The van der Waals surface area contributed by atoms with E-state index in [1.165, 1.54) is 12.1 Å². The van der Waals surface area contributed by atoms with Crippen molar-refractivity contribution in [1.82, 2.24) is 9.97 Å². The van der Waals surface area contributed by atoms with E-state index in [1.807, 2.05) is 19.9 Å². The van der Waals surface area contributed by atoms with Gasteiger partial charge in [0.1, 0.15) is 0 Å². The van der Waals surface area contributed by atoms with Crippen LogP contribution in [0.1, 0.15) is 23.9 Å². The number of benzene rings is 1. The number of hydrogen-bond acceptors (Lipinski definition) is 6. The van der Waals surface area contributed by atoms with Crippen LogP contribution < -0.4 is 5.43 Å². The predicted octanol–water partition coefficient (Wildman–Crippen LogP) is 2.84. The van der Waals surface area contributed by atoms with Gasteiger partial charge in [-0.1, -0.05) is 12.1 Å². The molecule has 7 nitrogen and oxygen atoms in total. The van der Waals surface area contributed by atoms with Gasteiger partial charge in [0.2, 0.25) is 5.95 Å². The second-order valence-corrected chi connectivity index (χ2v) is 4.59. The molecule has 2 aromatic rings. The van der Waals surface area contributed by atoms with Crippen molar-refractivity contribution >= 4 is 17.3 Å². The minimum absolute atomic E-state index is 0.0321. The average molecular weight is 285 g/mol. The molecule has 0 amide bonds. The van der Waals surface area contributed by atoms with Crippen LogP contribution in [0, 0.1) is 24.0 Å². The molecule has 21 heavy (non-hydrogen) atoms. The molecule has 0 spiro atoms. The van der Waals surface area contributed by atoms with Crippen LogP contribution in [0.3, 0.4) is 0 Å². The Bertz CT molecular complexity index is 692. The average Bonchev–Trinajstić information content (AvgIpc) is 2.44. The molecule has 0 fully saturated rings. The molecule has 0 atom stereocenters. The Morgan fingerprint density at radius 1 is 1.24 bits per heavy atom. The first-order chi connectivity index (χ1) is 9.95. The Balaban J connectivity index is 2.21. The van der Waals surface area contributed by atoms with Crippen molar-refractivity contribution in [1.29, 1.82) is 0 Å². The van der Waals surface area contributed by atoms with Gasteiger partial charge in [-0.2, -0.15) is 5.10 Å². The van der Waals surface area contributed by atoms with Crippen LogP contribution in [0.4, 0.5) is 11.6 Å². The summed E-state index contributed by atoms with van der Waals surface area (Å²) < 4.78 is 0. The number of rotatable bonds is 4. The van der Waals surface area contributed by atoms with Crippen LogP contribution in [-0.2, 0) is 0 Å². The van der Waals surface area contributed by atoms with Gasteiger partial charge >= 0.3 is 0 Å². The van der Waals surface area contributed by atoms with Crippen LogP contribution >= 0.6 is 0 Å². The fourth-order valence-electron chi connectivity index (χ4n) is 1.82. The maximum atomic E-state index is 10.8. The molecule has 1 aromatic heterocycles. The third-order valence-corrected chi connectivity index (χ3v) is 2.78. The predicted molar refractivity (Wildman–Crippen MR) is 80.4 cm³/mol. The fourth-order valence-corrected chi connectivity index (χ4v) is 1.82. The second-order valence-electron chi connectivity index (χ2n) is 4.59. The van der Waals surface area contributed by atoms with E-state index in [-0.39, 0.29) is 5.69 Å². The Kier molecular flexibility index (Phi) is 4.22. The highest BCUT2D eigenvalue weighted by Gasteiger charge is 2.07. The first kappa shape index (κ1) is 14.6. The van der Waals surface area contributed by atoms with E-state index in [9.17, 15) is 10.1 Å². The first-order valence-electron chi connectivity index (χ1n) is 6.33. The molecular weight excluding hydrogens is 270 g/mol. The zero-order valence-corrected chi connectivity index (χ0v) is 12.0. The number of non-ortho nitro benzene ring substituents is 1. The number of nitrogens with one attached hydrogen (secondary N) is 1. The van der Waals surface area contributed by atoms with Crippen molar-refractivity contribution in [2.24, 2.45) is 5.10 Å². The molecule has 0 aliphatic heterocycles. The smallest absolute Gasteiger partial charge is 0.258 e. The topological polar surface area (TPSA) is 93.3 Å². The van der Waals surface area contributed by atoms with E-state index in [0.717, 1.165) is 11.4 Å². The third-order valence-electron chi connectivity index (χ3n) is 2.78. The van der Waals surface area contributed by atoms with Gasteiger partial charge in [0.25, 0.3) is 5.69 Å². The highest BCUT2D eigenvalue weighted by molar-refractivity contribution is 5.99. The molecule has 108 valence electrons. The monoisotopic (exact) mass is 285 g/mol. The van der Waals surface area contributed by atoms with Crippen molar-refractivity contribution in [3.05, 3.63) is 57.4 Å². The molecule has 0 radical (unpaired) electrons. The van der Waals surface area contributed by atoms with Crippen molar-refractivity contribution in [2.45, 2.75) is 20.8 Å². The summed E-state index contributed by atoms with van der Waals surface area (Å²) in [5.41, 5.74) is 5.76. The number of aryl methyl sites for hydroxylation is 2. The lowest BCUT2D eigenvalue weighted by atomic mass is 10.1. The van der Waals surface area contributed by atoms with Crippen LogP contribution in [0.25, 0.3) is 0 Å². The maximum Gasteiger partial charge on any atom is 0.270 e. The third kappa shape index (κ3) is 3.82. The number of aromatic nitrogens is 2. The normalized spacial score (nSPS) is 11.3. The molecule has 0 saturated heterocycles. The van der Waals surface area contributed by atoms with E-state index in [0.29, 0.717) is 17.2 Å². The number of nitro groups is 1. The van der Waals surface area contributed by atoms with Crippen LogP contribution in [0.5, 0.6) is 0 Å². The maximum absolute atomic E-state index is 10.8. The number of hydrazone groups is 1. The summed E-state index contributed by atoms with van der Waals surface area (Å²) in [5, 5.41) is 14.9. The number of nitro benzene ring substituents is 1. The van der Waals surface area contributed by atoms with Crippen LogP contribution in [0.15, 0.2) is 35.4 Å². The van der Waals surface area contributed by atoms with E-state index < -0.39 is 4.92 Å². The Morgan fingerprint density at radius 3 is 2.52 bits per heavy atom. The zero-order chi connectivity index (χ0) is 15.4. The fraction of sp³-hybridized carbons (Fsp3) is 0.214. The highest BCUT2D eigenvalue weighted by Crippen LogP contribution is 2.14. The van der Waals surface area contributed by atoms with E-state index in [2.05, 4.69) is 20.5 Å². The summed E-state index contributed by atoms with van der Waals surface area (Å²) >= 11 is 0. The van der Waals surface area contributed by atoms with Crippen molar-refractivity contribution < 1.29 is 4.92 Å². The van der Waals surface area contributed by atoms with Crippen LogP contribution in [-0.4, -0.2) is 20.6 Å². The molecule has 1 aromatic carbocycles. The van der Waals surface area contributed by atoms with Crippen molar-refractivity contribution in [3.8, 4) is 0 Å². The van der Waals surface area contributed by atoms with E-state index in [4.69, 9.17) is 0 Å². The molecule has 0 aliphatic carbocycles. The molecule has 2 rings (SSSR count). The lowest BCUT2D eigenvalue weighted by Gasteiger charge is -2.04. The summed E-state index contributed by atoms with van der Waals surface area (Å²) in [7, 11) is 0. The SMILES string of the molecule is C/C(=N/Nc1nc(C)cc(C)n1)c1cccc([N+](=O)[O-])c1. The number of nitrogens with zero attached hydrogens (tertiary/aromatic N) is 4. The molecule has 0 bridgehead atoms. The molecule has 1 N–H and O–H groups in total. The number of anilines is 1. The van der Waals surface area contributed by atoms with E-state index >= 15 is 0 Å². The van der Waals surface area contributed by atoms with Gasteiger partial charge in [0.15, 0.2) is 0 Å². The number of hydrogen-bond donors (Lipinski definition) is 1. The zero-order valence-electron chi connectivity index (χ0n) is 12.0. The van der Waals surface area contributed by atoms with Gasteiger partial charge in [-0.3, -0.25) is 10.1 Å². The Morgan fingerprint density at radius 2 is 1.90 bits per heavy atom. The van der Waals surface area contributed by atoms with Gasteiger partial charge in [-0.25, -0.2) is 15.4 Å². The van der Waals surface area contributed by atoms with E-state index in [1.54, 1.807) is 19.1 Å². The minimum Gasteiger partial charge on any atom is -0.258 e. The lowest BCUT2D eigenvalue weighted by molar-refractivity contribution is -0.384. The summed E-state index contributed by atoms with van der Waals surface area (Å²) in [6.07, 6.45) is 0. The van der Waals surface area contributed by atoms with Gasteiger partial charge < -0.3 is 0 Å². The Hall–Kier alpha value is -2.83. The Labute approximate surface area is 121 Å². The van der Waals surface area contributed by atoms with Gasteiger partial charge in [0, 0.05) is 29.1 Å². The van der Waals surface area contributed by atoms with Gasteiger partial charge in [-0.05, 0) is 26.8 Å². The molecule has 0 aliphatic rings. The summed E-state index contributed by atoms with van der Waals surface area (Å²) in [6.45, 7) is 5.50. The minimum atomic E-state index is -0.433. The van der Waals surface area contributed by atoms with Gasteiger partial charge in [-0.15, -0.1) is 0 Å². The molecule has 7 heteroatoms. The highest BCUT2D eigenvalue weighted by atomic mass is 16.6. The summed E-state index contributed by atoms with van der Waals surface area (Å²) in [6, 6.07) is 8.16. The molecular formula is C14H15N5O2. The first-order valence-corrected chi connectivity index (χ1v) is 6.33. The largest absolute Gasteiger partial charge is 0.270 e. The molecule has 0 unspecified atom stereocenters. The standard InChI is InChI=1S/C14H15N5O2/c1-9-7-10(2)16-14(15-9)18-17-11(3)12-5-4-6-13(8-12)19(20)21/h4-8H,1-3H3,(H,15,16,18)/b17-11-. The van der Waals surface area contributed by atoms with Crippen LogP contribution in [0.2, 0.25) is 0 Å². The molecule has 1 heterocycles. The summed E-state index contributed by atoms with van der Waals surface area (Å²) in [5.74, 6) is 0.400. The summed E-state index contributed by atoms with van der Waals surface area (Å²) in [4.78, 5) is 18.7. The quantitative estimate of drug-likeness (QED) is 0.529. The molecule has 0 saturated carbocycles. The second kappa shape index (κ2) is 6.08. The van der Waals surface area contributed by atoms with Crippen molar-refractivity contribution in [3.63, 3.8) is 0 Å².